The van der Waals surface area contributed by atoms with Gasteiger partial charge in [0.25, 0.3) is 0 Å². The molecular formula is C12H13FO4. The van der Waals surface area contributed by atoms with E-state index < -0.39 is 29.6 Å². The van der Waals surface area contributed by atoms with Gasteiger partial charge < -0.3 is 15.3 Å². The van der Waals surface area contributed by atoms with Crippen LogP contribution in [0.3, 0.4) is 0 Å². The molecule has 5 heteroatoms. The van der Waals surface area contributed by atoms with Crippen LogP contribution in [0.2, 0.25) is 0 Å². The summed E-state index contributed by atoms with van der Waals surface area (Å²) in [4.78, 5) is 10.3. The first-order chi connectivity index (χ1) is 7.91. The van der Waals surface area contributed by atoms with Crippen molar-refractivity contribution >= 4 is 5.97 Å². The lowest BCUT2D eigenvalue weighted by atomic mass is 9.97. The number of benzene rings is 1. The number of carbonyl (C=O) groups is 1. The molecule has 4 nitrogen and oxygen atoms in total. The second-order valence-corrected chi connectivity index (χ2v) is 3.71. The summed E-state index contributed by atoms with van der Waals surface area (Å²) in [6.45, 7) is 1.61. The highest BCUT2D eigenvalue weighted by molar-refractivity contribution is 5.79. The number of aliphatic hydroxyl groups is 1. The van der Waals surface area contributed by atoms with Gasteiger partial charge in [-0.2, -0.15) is 0 Å². The molecule has 0 bridgehead atoms. The number of carboxylic acid groups (broad SMARTS) is 1. The van der Waals surface area contributed by atoms with Crippen LogP contribution in [0.1, 0.15) is 18.6 Å². The molecule has 0 saturated carbocycles. The van der Waals surface area contributed by atoms with Gasteiger partial charge in [0, 0.05) is 12.0 Å². The van der Waals surface area contributed by atoms with E-state index in [1.54, 1.807) is 6.92 Å². The third-order valence-electron chi connectivity index (χ3n) is 2.35. The third kappa shape index (κ3) is 3.57. The van der Waals surface area contributed by atoms with Crippen molar-refractivity contribution in [2.75, 3.05) is 0 Å². The van der Waals surface area contributed by atoms with Gasteiger partial charge in [-0.1, -0.05) is 19.1 Å². The Morgan fingerprint density at radius 2 is 2.12 bits per heavy atom. The topological polar surface area (TPSA) is 77.8 Å². The summed E-state index contributed by atoms with van der Waals surface area (Å²) in [6.07, 6.45) is 1.21. The molecule has 0 heterocycles. The van der Waals surface area contributed by atoms with Crippen LogP contribution in [0.15, 0.2) is 30.4 Å². The largest absolute Gasteiger partial charge is 0.505 e. The van der Waals surface area contributed by atoms with Crippen LogP contribution >= 0.6 is 0 Å². The Bertz CT molecular complexity index is 442. The molecule has 0 amide bonds. The molecule has 1 aromatic carbocycles. The maximum atomic E-state index is 13.0. The Hall–Kier alpha value is -1.88. The van der Waals surface area contributed by atoms with E-state index in [-0.39, 0.29) is 5.56 Å². The molecule has 3 N–H and O–H groups in total. The lowest BCUT2D eigenvalue weighted by molar-refractivity contribution is -0.131. The monoisotopic (exact) mass is 240 g/mol. The number of aliphatic hydroxyl groups excluding tert-OH is 1. The van der Waals surface area contributed by atoms with E-state index in [4.69, 9.17) is 10.2 Å². The SMILES string of the molecule is C[C@@H](/C=C/C(=O)O)[C@H](O)c1ccc(O)c(F)c1. The summed E-state index contributed by atoms with van der Waals surface area (Å²) < 4.78 is 13.0. The third-order valence-corrected chi connectivity index (χ3v) is 2.35. The fourth-order valence-electron chi connectivity index (χ4n) is 1.35. The highest BCUT2D eigenvalue weighted by atomic mass is 19.1. The molecule has 0 spiro atoms. The average Bonchev–Trinajstić information content (AvgIpc) is 2.28. The second kappa shape index (κ2) is 5.45. The van der Waals surface area contributed by atoms with Gasteiger partial charge in [-0.25, -0.2) is 9.18 Å². The summed E-state index contributed by atoms with van der Waals surface area (Å²) in [6, 6.07) is 3.54. The lowest BCUT2D eigenvalue weighted by Gasteiger charge is -2.15. The van der Waals surface area contributed by atoms with E-state index in [0.717, 1.165) is 18.2 Å². The minimum Gasteiger partial charge on any atom is -0.505 e. The fourth-order valence-corrected chi connectivity index (χ4v) is 1.35. The quantitative estimate of drug-likeness (QED) is 0.702. The van der Waals surface area contributed by atoms with E-state index in [2.05, 4.69) is 0 Å². The molecule has 1 aromatic rings. The van der Waals surface area contributed by atoms with Crippen molar-refractivity contribution < 1.29 is 24.5 Å². The van der Waals surface area contributed by atoms with Gasteiger partial charge in [0.1, 0.15) is 0 Å². The minimum absolute atomic E-state index is 0.280. The van der Waals surface area contributed by atoms with E-state index in [1.165, 1.54) is 12.1 Å². The molecule has 2 atom stereocenters. The maximum Gasteiger partial charge on any atom is 0.327 e. The van der Waals surface area contributed by atoms with Crippen LogP contribution in [0.5, 0.6) is 5.75 Å². The number of phenolic OH excluding ortho intramolecular Hbond substituents is 1. The van der Waals surface area contributed by atoms with Crippen LogP contribution in [0.4, 0.5) is 4.39 Å². The number of hydrogen-bond donors (Lipinski definition) is 3. The smallest absolute Gasteiger partial charge is 0.327 e. The van der Waals surface area contributed by atoms with Crippen molar-refractivity contribution in [3.63, 3.8) is 0 Å². The molecule has 0 aliphatic heterocycles. The molecule has 0 aliphatic carbocycles. The summed E-state index contributed by atoms with van der Waals surface area (Å²) >= 11 is 0. The number of halogens is 1. The predicted molar refractivity (Wildman–Crippen MR) is 59.0 cm³/mol. The van der Waals surface area contributed by atoms with E-state index in [9.17, 15) is 14.3 Å². The van der Waals surface area contributed by atoms with Gasteiger partial charge in [-0.05, 0) is 17.7 Å². The standard InChI is InChI=1S/C12H13FO4/c1-7(2-5-11(15)16)12(17)8-3-4-10(14)9(13)6-8/h2-7,12,14,17H,1H3,(H,15,16)/b5-2+/t7-,12-/m0/s1. The molecule has 0 aromatic heterocycles. The van der Waals surface area contributed by atoms with Gasteiger partial charge in [0.05, 0.1) is 6.10 Å². The number of phenols is 1. The van der Waals surface area contributed by atoms with E-state index in [0.29, 0.717) is 0 Å². The zero-order chi connectivity index (χ0) is 13.0. The zero-order valence-corrected chi connectivity index (χ0v) is 9.17. The zero-order valence-electron chi connectivity index (χ0n) is 9.17. The van der Waals surface area contributed by atoms with Gasteiger partial charge in [-0.3, -0.25) is 0 Å². The van der Waals surface area contributed by atoms with Gasteiger partial charge in [-0.15, -0.1) is 0 Å². The first kappa shape index (κ1) is 13.2. The van der Waals surface area contributed by atoms with Crippen LogP contribution in [-0.4, -0.2) is 21.3 Å². The van der Waals surface area contributed by atoms with Crippen molar-refractivity contribution in [2.24, 2.45) is 5.92 Å². The normalized spacial score (nSPS) is 14.8. The number of rotatable bonds is 4. The van der Waals surface area contributed by atoms with Gasteiger partial charge in [0.2, 0.25) is 0 Å². The van der Waals surface area contributed by atoms with Crippen molar-refractivity contribution in [2.45, 2.75) is 13.0 Å². The van der Waals surface area contributed by atoms with Crippen molar-refractivity contribution in [1.82, 2.24) is 0 Å². The summed E-state index contributed by atoms with van der Waals surface area (Å²) in [5.74, 6) is -2.90. The van der Waals surface area contributed by atoms with Crippen molar-refractivity contribution in [3.05, 3.63) is 41.7 Å². The van der Waals surface area contributed by atoms with Gasteiger partial charge in [0.15, 0.2) is 11.6 Å². The summed E-state index contributed by atoms with van der Waals surface area (Å²) in [5, 5.41) is 27.3. The number of carboxylic acids is 1. The summed E-state index contributed by atoms with van der Waals surface area (Å²) in [7, 11) is 0. The fraction of sp³-hybridized carbons (Fsp3) is 0.250. The van der Waals surface area contributed by atoms with Crippen molar-refractivity contribution in [1.29, 1.82) is 0 Å². The highest BCUT2D eigenvalue weighted by Crippen LogP contribution is 2.26. The molecule has 0 saturated heterocycles. The molecule has 0 unspecified atom stereocenters. The van der Waals surface area contributed by atoms with Crippen LogP contribution < -0.4 is 0 Å². The molecule has 17 heavy (non-hydrogen) atoms. The number of hydrogen-bond acceptors (Lipinski definition) is 3. The first-order valence-corrected chi connectivity index (χ1v) is 4.99. The van der Waals surface area contributed by atoms with Crippen LogP contribution in [-0.2, 0) is 4.79 Å². The number of aromatic hydroxyl groups is 1. The molecule has 0 fully saturated rings. The Kier molecular flexibility index (Phi) is 4.23. The molecular weight excluding hydrogens is 227 g/mol. The Morgan fingerprint density at radius 1 is 1.47 bits per heavy atom. The highest BCUT2D eigenvalue weighted by Gasteiger charge is 2.15. The molecule has 0 aliphatic rings. The Morgan fingerprint density at radius 3 is 2.65 bits per heavy atom. The summed E-state index contributed by atoms with van der Waals surface area (Å²) in [5.41, 5.74) is 0.280. The van der Waals surface area contributed by atoms with E-state index >= 15 is 0 Å². The van der Waals surface area contributed by atoms with Crippen LogP contribution in [0.25, 0.3) is 0 Å². The Balaban J connectivity index is 2.84. The molecule has 92 valence electrons. The van der Waals surface area contributed by atoms with Crippen LogP contribution in [0, 0.1) is 11.7 Å². The molecule has 1 rings (SSSR count). The minimum atomic E-state index is -1.11. The lowest BCUT2D eigenvalue weighted by Crippen LogP contribution is -2.07. The Labute approximate surface area is 97.6 Å². The predicted octanol–water partition coefficient (Wildman–Crippen LogP) is 1.84. The first-order valence-electron chi connectivity index (χ1n) is 4.99. The molecule has 0 radical (unpaired) electrons. The average molecular weight is 240 g/mol. The second-order valence-electron chi connectivity index (χ2n) is 3.71. The van der Waals surface area contributed by atoms with Crippen molar-refractivity contribution in [3.8, 4) is 5.75 Å². The van der Waals surface area contributed by atoms with E-state index in [1.807, 2.05) is 0 Å². The van der Waals surface area contributed by atoms with Gasteiger partial charge >= 0.3 is 5.97 Å². The maximum absolute atomic E-state index is 13.0. The number of aliphatic carboxylic acids is 1.